The Morgan fingerprint density at radius 2 is 1.52 bits per heavy atom. The first-order valence-electron chi connectivity index (χ1n) is 8.18. The highest BCUT2D eigenvalue weighted by Gasteiger charge is 2.17. The standard InChI is InChI=1S/C20H26N2O/c1-14(2)13-19(21)20(23)22-15(3)16-9-11-18(12-10-16)17-7-5-4-6-8-17/h4-12,14-15,19H,13,21H2,1-3H3,(H,22,23)/t15?,19-/m0/s1. The third kappa shape index (κ3) is 4.93. The molecule has 3 nitrogen and oxygen atoms in total. The lowest BCUT2D eigenvalue weighted by Gasteiger charge is -2.19. The number of benzene rings is 2. The van der Waals surface area contributed by atoms with E-state index in [-0.39, 0.29) is 11.9 Å². The second-order valence-corrected chi connectivity index (χ2v) is 6.45. The lowest BCUT2D eigenvalue weighted by Crippen LogP contribution is -2.42. The average molecular weight is 310 g/mol. The molecule has 0 aliphatic carbocycles. The molecule has 3 heteroatoms. The Morgan fingerprint density at radius 3 is 2.09 bits per heavy atom. The van der Waals surface area contributed by atoms with Crippen LogP contribution in [-0.4, -0.2) is 11.9 Å². The zero-order valence-corrected chi connectivity index (χ0v) is 14.1. The van der Waals surface area contributed by atoms with Crippen molar-refractivity contribution in [3.63, 3.8) is 0 Å². The molecule has 2 atom stereocenters. The van der Waals surface area contributed by atoms with Crippen LogP contribution < -0.4 is 11.1 Å². The third-order valence-electron chi connectivity index (χ3n) is 3.94. The van der Waals surface area contributed by atoms with Gasteiger partial charge in [-0.05, 0) is 36.0 Å². The maximum Gasteiger partial charge on any atom is 0.237 e. The molecule has 0 fully saturated rings. The van der Waals surface area contributed by atoms with E-state index in [4.69, 9.17) is 5.73 Å². The first kappa shape index (κ1) is 17.2. The van der Waals surface area contributed by atoms with Crippen molar-refractivity contribution in [1.29, 1.82) is 0 Å². The van der Waals surface area contributed by atoms with Gasteiger partial charge in [0, 0.05) is 0 Å². The second kappa shape index (κ2) is 7.93. The molecule has 0 heterocycles. The molecule has 0 saturated carbocycles. The first-order chi connectivity index (χ1) is 11.0. The molecule has 3 N–H and O–H groups in total. The molecule has 0 aliphatic rings. The zero-order valence-electron chi connectivity index (χ0n) is 14.1. The molecule has 0 saturated heterocycles. The molecule has 0 aliphatic heterocycles. The largest absolute Gasteiger partial charge is 0.348 e. The van der Waals surface area contributed by atoms with Crippen molar-refractivity contribution in [3.8, 4) is 11.1 Å². The molecule has 1 unspecified atom stereocenters. The van der Waals surface area contributed by atoms with Crippen LogP contribution in [0.5, 0.6) is 0 Å². The van der Waals surface area contributed by atoms with E-state index in [1.54, 1.807) is 0 Å². The van der Waals surface area contributed by atoms with Gasteiger partial charge in [0.1, 0.15) is 0 Å². The number of hydrogen-bond donors (Lipinski definition) is 2. The fraction of sp³-hybridized carbons (Fsp3) is 0.350. The molecule has 1 amide bonds. The van der Waals surface area contributed by atoms with Gasteiger partial charge in [0.05, 0.1) is 12.1 Å². The Morgan fingerprint density at radius 1 is 0.957 bits per heavy atom. The van der Waals surface area contributed by atoms with E-state index < -0.39 is 6.04 Å². The summed E-state index contributed by atoms with van der Waals surface area (Å²) in [7, 11) is 0. The molecule has 0 aromatic heterocycles. The van der Waals surface area contributed by atoms with Crippen LogP contribution in [-0.2, 0) is 4.79 Å². The van der Waals surface area contributed by atoms with Crippen LogP contribution in [0.2, 0.25) is 0 Å². The summed E-state index contributed by atoms with van der Waals surface area (Å²) in [6.45, 7) is 6.12. The number of rotatable bonds is 6. The lowest BCUT2D eigenvalue weighted by molar-refractivity contribution is -0.123. The van der Waals surface area contributed by atoms with Gasteiger partial charge in [-0.1, -0.05) is 68.4 Å². The van der Waals surface area contributed by atoms with Gasteiger partial charge in [-0.15, -0.1) is 0 Å². The van der Waals surface area contributed by atoms with Crippen molar-refractivity contribution in [3.05, 3.63) is 60.2 Å². The molecule has 2 rings (SSSR count). The lowest BCUT2D eigenvalue weighted by atomic mass is 10.0. The summed E-state index contributed by atoms with van der Waals surface area (Å²) in [4.78, 5) is 12.1. The Balaban J connectivity index is 2.00. The van der Waals surface area contributed by atoms with Crippen LogP contribution in [0.4, 0.5) is 0 Å². The minimum absolute atomic E-state index is 0.0504. The number of carbonyl (C=O) groups is 1. The summed E-state index contributed by atoms with van der Waals surface area (Å²) in [6, 6.07) is 18.0. The Hall–Kier alpha value is -2.13. The van der Waals surface area contributed by atoms with E-state index >= 15 is 0 Å². The van der Waals surface area contributed by atoms with Crippen LogP contribution in [0.1, 0.15) is 38.8 Å². The summed E-state index contributed by atoms with van der Waals surface area (Å²) in [6.07, 6.45) is 0.700. The predicted octanol–water partition coefficient (Wildman–Crippen LogP) is 3.90. The van der Waals surface area contributed by atoms with E-state index in [2.05, 4.69) is 55.6 Å². The van der Waals surface area contributed by atoms with Gasteiger partial charge in [-0.2, -0.15) is 0 Å². The Kier molecular flexibility index (Phi) is 5.94. The molecule has 2 aromatic carbocycles. The predicted molar refractivity (Wildman–Crippen MR) is 95.9 cm³/mol. The monoisotopic (exact) mass is 310 g/mol. The van der Waals surface area contributed by atoms with Crippen LogP contribution >= 0.6 is 0 Å². The smallest absolute Gasteiger partial charge is 0.237 e. The minimum Gasteiger partial charge on any atom is -0.348 e. The van der Waals surface area contributed by atoms with Crippen molar-refractivity contribution in [2.24, 2.45) is 11.7 Å². The number of nitrogens with one attached hydrogen (secondary N) is 1. The van der Waals surface area contributed by atoms with Crippen LogP contribution in [0.25, 0.3) is 11.1 Å². The van der Waals surface area contributed by atoms with Crippen LogP contribution in [0.15, 0.2) is 54.6 Å². The van der Waals surface area contributed by atoms with Gasteiger partial charge in [0.15, 0.2) is 0 Å². The molecule has 0 bridgehead atoms. The maximum atomic E-state index is 12.1. The van der Waals surface area contributed by atoms with Crippen LogP contribution in [0, 0.1) is 5.92 Å². The topological polar surface area (TPSA) is 55.1 Å². The van der Waals surface area contributed by atoms with E-state index in [1.165, 1.54) is 11.1 Å². The molecular formula is C20H26N2O. The highest BCUT2D eigenvalue weighted by Crippen LogP contribution is 2.21. The second-order valence-electron chi connectivity index (χ2n) is 6.45. The van der Waals surface area contributed by atoms with Gasteiger partial charge in [0.2, 0.25) is 5.91 Å². The summed E-state index contributed by atoms with van der Waals surface area (Å²) >= 11 is 0. The third-order valence-corrected chi connectivity index (χ3v) is 3.94. The summed E-state index contributed by atoms with van der Waals surface area (Å²) in [5.41, 5.74) is 9.37. The van der Waals surface area contributed by atoms with Crippen molar-refractivity contribution in [2.45, 2.75) is 39.3 Å². The normalized spacial score (nSPS) is 13.6. The number of nitrogens with two attached hydrogens (primary N) is 1. The quantitative estimate of drug-likeness (QED) is 0.850. The zero-order chi connectivity index (χ0) is 16.8. The average Bonchev–Trinajstić information content (AvgIpc) is 2.55. The minimum atomic E-state index is -0.443. The van der Waals surface area contributed by atoms with E-state index in [0.717, 1.165) is 5.56 Å². The van der Waals surface area contributed by atoms with Gasteiger partial charge < -0.3 is 11.1 Å². The van der Waals surface area contributed by atoms with Gasteiger partial charge in [0.25, 0.3) is 0 Å². The SMILES string of the molecule is CC(C)C[C@H](N)C(=O)NC(C)c1ccc(-c2ccccc2)cc1. The van der Waals surface area contributed by atoms with Gasteiger partial charge in [-0.25, -0.2) is 0 Å². The van der Waals surface area contributed by atoms with E-state index in [1.807, 2.05) is 25.1 Å². The van der Waals surface area contributed by atoms with E-state index in [9.17, 15) is 4.79 Å². The number of carbonyl (C=O) groups excluding carboxylic acids is 1. The van der Waals surface area contributed by atoms with Crippen molar-refractivity contribution in [1.82, 2.24) is 5.32 Å². The highest BCUT2D eigenvalue weighted by atomic mass is 16.2. The van der Waals surface area contributed by atoms with Gasteiger partial charge in [-0.3, -0.25) is 4.79 Å². The van der Waals surface area contributed by atoms with Gasteiger partial charge >= 0.3 is 0 Å². The Bertz CT molecular complexity index is 620. The highest BCUT2D eigenvalue weighted by molar-refractivity contribution is 5.81. The molecule has 2 aromatic rings. The molecular weight excluding hydrogens is 284 g/mol. The molecule has 0 radical (unpaired) electrons. The summed E-state index contributed by atoms with van der Waals surface area (Å²) in [5.74, 6) is 0.328. The molecule has 0 spiro atoms. The fourth-order valence-corrected chi connectivity index (χ4v) is 2.61. The maximum absolute atomic E-state index is 12.1. The molecule has 23 heavy (non-hydrogen) atoms. The summed E-state index contributed by atoms with van der Waals surface area (Å²) in [5, 5.41) is 3.00. The molecule has 122 valence electrons. The van der Waals surface area contributed by atoms with Crippen molar-refractivity contribution >= 4 is 5.91 Å². The van der Waals surface area contributed by atoms with Crippen molar-refractivity contribution < 1.29 is 4.79 Å². The fourth-order valence-electron chi connectivity index (χ4n) is 2.61. The Labute approximate surface area is 138 Å². The first-order valence-corrected chi connectivity index (χ1v) is 8.18. The number of hydrogen-bond acceptors (Lipinski definition) is 2. The van der Waals surface area contributed by atoms with E-state index in [0.29, 0.717) is 12.3 Å². The number of amides is 1. The summed E-state index contributed by atoms with van der Waals surface area (Å²) < 4.78 is 0. The van der Waals surface area contributed by atoms with Crippen LogP contribution in [0.3, 0.4) is 0 Å². The van der Waals surface area contributed by atoms with Crippen molar-refractivity contribution in [2.75, 3.05) is 0 Å².